The maximum atomic E-state index is 12.4. The molecule has 1 aliphatic heterocycles. The fourth-order valence-corrected chi connectivity index (χ4v) is 3.94. The number of unbranched alkanes of at least 4 members (excludes halogenated alkanes) is 4. The Morgan fingerprint density at radius 1 is 1.13 bits per heavy atom. The second kappa shape index (κ2) is 11.6. The Morgan fingerprint density at radius 3 is 2.70 bits per heavy atom. The molecule has 30 heavy (non-hydrogen) atoms. The lowest BCUT2D eigenvalue weighted by atomic mass is 9.95. The highest BCUT2D eigenvalue weighted by Gasteiger charge is 2.22. The summed E-state index contributed by atoms with van der Waals surface area (Å²) < 4.78 is 5.27. The van der Waals surface area contributed by atoms with Crippen LogP contribution in [0.15, 0.2) is 24.5 Å². The number of nitrogens with zero attached hydrogens (tertiary/aromatic N) is 3. The van der Waals surface area contributed by atoms with E-state index in [1.807, 2.05) is 13.8 Å². The van der Waals surface area contributed by atoms with Gasteiger partial charge in [-0.1, -0.05) is 31.7 Å². The number of pyridine rings is 1. The van der Waals surface area contributed by atoms with Crippen LogP contribution in [0, 0.1) is 6.92 Å². The minimum absolute atomic E-state index is 0.169. The first kappa shape index (κ1) is 22.2. The van der Waals surface area contributed by atoms with Gasteiger partial charge in [-0.05, 0) is 57.6 Å². The number of hydrogen-bond donors (Lipinski definition) is 1. The van der Waals surface area contributed by atoms with Gasteiger partial charge in [0.2, 0.25) is 0 Å². The van der Waals surface area contributed by atoms with Crippen molar-refractivity contribution in [3.8, 4) is 0 Å². The summed E-state index contributed by atoms with van der Waals surface area (Å²) in [4.78, 5) is 25.6. The molecule has 2 aromatic heterocycles. The number of esters is 1. The summed E-state index contributed by atoms with van der Waals surface area (Å²) in [6.45, 7) is 5.12. The molecule has 0 fully saturated rings. The van der Waals surface area contributed by atoms with E-state index in [0.717, 1.165) is 56.5 Å². The number of carbonyl (C=O) groups is 1. The zero-order valence-electron chi connectivity index (χ0n) is 18.3. The number of nitrogens with one attached hydrogen (secondary N) is 1. The molecule has 0 radical (unpaired) electrons. The SMILES string of the molecule is CCOC(=O)C(CCCCCCCc1ccc2c(n1)NCCC2)c1cnc(C)nc1. The predicted octanol–water partition coefficient (Wildman–Crippen LogP) is 4.77. The van der Waals surface area contributed by atoms with Crippen LogP contribution in [0.2, 0.25) is 0 Å². The Hall–Kier alpha value is -2.50. The van der Waals surface area contributed by atoms with Crippen LogP contribution in [0.1, 0.15) is 80.4 Å². The first-order chi connectivity index (χ1) is 14.7. The lowest BCUT2D eigenvalue weighted by Gasteiger charge is -2.17. The number of anilines is 1. The molecule has 1 aliphatic rings. The van der Waals surface area contributed by atoms with Gasteiger partial charge >= 0.3 is 5.97 Å². The number of aromatic nitrogens is 3. The fourth-order valence-electron chi connectivity index (χ4n) is 3.94. The smallest absolute Gasteiger partial charge is 0.313 e. The van der Waals surface area contributed by atoms with Gasteiger partial charge < -0.3 is 10.1 Å². The Bertz CT molecular complexity index is 807. The molecule has 1 atom stereocenters. The van der Waals surface area contributed by atoms with Gasteiger partial charge in [-0.3, -0.25) is 4.79 Å². The Morgan fingerprint density at radius 2 is 1.90 bits per heavy atom. The number of fused-ring (bicyclic) bond motifs is 1. The molecule has 0 saturated carbocycles. The third-order valence-electron chi connectivity index (χ3n) is 5.65. The van der Waals surface area contributed by atoms with Crippen LogP contribution in [0.3, 0.4) is 0 Å². The number of hydrogen-bond acceptors (Lipinski definition) is 6. The highest BCUT2D eigenvalue weighted by Crippen LogP contribution is 2.24. The van der Waals surface area contributed by atoms with E-state index in [0.29, 0.717) is 12.4 Å². The summed E-state index contributed by atoms with van der Waals surface area (Å²) in [6, 6.07) is 4.41. The molecule has 0 bridgehead atoms. The summed E-state index contributed by atoms with van der Waals surface area (Å²) in [6.07, 6.45) is 13.3. The van der Waals surface area contributed by atoms with Crippen LogP contribution < -0.4 is 5.32 Å². The van der Waals surface area contributed by atoms with Crippen molar-refractivity contribution in [3.05, 3.63) is 47.2 Å². The average Bonchev–Trinajstić information content (AvgIpc) is 2.76. The molecule has 2 aromatic rings. The highest BCUT2D eigenvalue weighted by atomic mass is 16.5. The van der Waals surface area contributed by atoms with Crippen LogP contribution in [0.4, 0.5) is 5.82 Å². The minimum atomic E-state index is -0.266. The maximum absolute atomic E-state index is 12.4. The van der Waals surface area contributed by atoms with Crippen LogP contribution in [-0.4, -0.2) is 34.1 Å². The molecule has 1 unspecified atom stereocenters. The molecular weight excluding hydrogens is 376 g/mol. The minimum Gasteiger partial charge on any atom is -0.466 e. The monoisotopic (exact) mass is 410 g/mol. The first-order valence-corrected chi connectivity index (χ1v) is 11.3. The third-order valence-corrected chi connectivity index (χ3v) is 5.65. The van der Waals surface area contributed by atoms with Gasteiger partial charge in [-0.15, -0.1) is 0 Å². The van der Waals surface area contributed by atoms with Gasteiger partial charge in [0.25, 0.3) is 0 Å². The van der Waals surface area contributed by atoms with Gasteiger partial charge in [0, 0.05) is 30.2 Å². The molecule has 0 spiro atoms. The van der Waals surface area contributed by atoms with E-state index in [1.165, 1.54) is 30.5 Å². The topological polar surface area (TPSA) is 77.0 Å². The summed E-state index contributed by atoms with van der Waals surface area (Å²) in [5.41, 5.74) is 3.39. The molecule has 3 heterocycles. The van der Waals surface area contributed by atoms with Crippen molar-refractivity contribution in [1.29, 1.82) is 0 Å². The standard InChI is InChI=1S/C24H34N4O2/c1-3-30-24(29)22(20-16-26-18(2)27-17-20)12-8-6-4-5-7-11-21-14-13-19-10-9-15-25-23(19)28-21/h13-14,16-17,22H,3-12,15H2,1-2H3,(H,25,28). The zero-order valence-corrected chi connectivity index (χ0v) is 18.3. The van der Waals surface area contributed by atoms with Crippen LogP contribution in [-0.2, 0) is 22.4 Å². The fraction of sp³-hybridized carbons (Fsp3) is 0.583. The van der Waals surface area contributed by atoms with Gasteiger partial charge in [0.05, 0.1) is 12.5 Å². The van der Waals surface area contributed by atoms with Gasteiger partial charge in [0.1, 0.15) is 11.6 Å². The Labute approximate surface area is 179 Å². The van der Waals surface area contributed by atoms with E-state index in [-0.39, 0.29) is 11.9 Å². The highest BCUT2D eigenvalue weighted by molar-refractivity contribution is 5.77. The molecule has 6 heteroatoms. The number of ether oxygens (including phenoxy) is 1. The molecule has 1 N–H and O–H groups in total. The van der Waals surface area contributed by atoms with Crippen molar-refractivity contribution >= 4 is 11.8 Å². The molecule has 0 aliphatic carbocycles. The van der Waals surface area contributed by atoms with Crippen LogP contribution in [0.5, 0.6) is 0 Å². The van der Waals surface area contributed by atoms with E-state index < -0.39 is 0 Å². The predicted molar refractivity (Wildman–Crippen MR) is 119 cm³/mol. The van der Waals surface area contributed by atoms with Crippen molar-refractivity contribution in [2.75, 3.05) is 18.5 Å². The van der Waals surface area contributed by atoms with Crippen LogP contribution >= 0.6 is 0 Å². The Balaban J connectivity index is 1.37. The number of aryl methyl sites for hydroxylation is 3. The molecule has 3 rings (SSSR count). The average molecular weight is 411 g/mol. The van der Waals surface area contributed by atoms with Gasteiger partial charge in [-0.25, -0.2) is 15.0 Å². The molecule has 162 valence electrons. The van der Waals surface area contributed by atoms with Gasteiger partial charge in [-0.2, -0.15) is 0 Å². The van der Waals surface area contributed by atoms with Crippen molar-refractivity contribution in [2.45, 2.75) is 77.6 Å². The van der Waals surface area contributed by atoms with Crippen molar-refractivity contribution in [1.82, 2.24) is 15.0 Å². The molecule has 0 aromatic carbocycles. The van der Waals surface area contributed by atoms with Crippen molar-refractivity contribution in [2.24, 2.45) is 0 Å². The second-order valence-electron chi connectivity index (χ2n) is 8.02. The van der Waals surface area contributed by atoms with Gasteiger partial charge in [0.15, 0.2) is 0 Å². The Kier molecular flexibility index (Phi) is 8.60. The normalized spacial score (nSPS) is 13.9. The second-order valence-corrected chi connectivity index (χ2v) is 8.02. The number of rotatable bonds is 11. The zero-order chi connectivity index (χ0) is 21.2. The van der Waals surface area contributed by atoms with E-state index >= 15 is 0 Å². The van der Waals surface area contributed by atoms with E-state index in [1.54, 1.807) is 12.4 Å². The number of carbonyl (C=O) groups excluding carboxylic acids is 1. The quantitative estimate of drug-likeness (QED) is 0.425. The third kappa shape index (κ3) is 6.51. The van der Waals surface area contributed by atoms with E-state index in [2.05, 4.69) is 27.4 Å². The summed E-state index contributed by atoms with van der Waals surface area (Å²) in [7, 11) is 0. The largest absolute Gasteiger partial charge is 0.466 e. The first-order valence-electron chi connectivity index (χ1n) is 11.3. The lowest BCUT2D eigenvalue weighted by molar-refractivity contribution is -0.145. The van der Waals surface area contributed by atoms with Crippen molar-refractivity contribution < 1.29 is 9.53 Å². The lowest BCUT2D eigenvalue weighted by Crippen LogP contribution is -2.17. The molecule has 0 saturated heterocycles. The molecule has 6 nitrogen and oxygen atoms in total. The van der Waals surface area contributed by atoms with Crippen LogP contribution in [0.25, 0.3) is 0 Å². The molecular formula is C24H34N4O2. The summed E-state index contributed by atoms with van der Waals surface area (Å²) in [5, 5.41) is 3.41. The molecule has 0 amide bonds. The van der Waals surface area contributed by atoms with E-state index in [4.69, 9.17) is 9.72 Å². The summed E-state index contributed by atoms with van der Waals surface area (Å²) in [5.74, 6) is 1.36. The maximum Gasteiger partial charge on any atom is 0.313 e. The van der Waals surface area contributed by atoms with E-state index in [9.17, 15) is 4.79 Å². The summed E-state index contributed by atoms with van der Waals surface area (Å²) >= 11 is 0. The van der Waals surface area contributed by atoms with Crippen molar-refractivity contribution in [3.63, 3.8) is 0 Å².